The molecule has 1 unspecified atom stereocenters. The minimum atomic E-state index is 0.138. The molecule has 1 atom stereocenters. The van der Waals surface area contributed by atoms with E-state index >= 15 is 0 Å². The first kappa shape index (κ1) is 15.5. The second-order valence-corrected chi connectivity index (χ2v) is 5.75. The maximum Gasteiger partial charge on any atom is 0.220 e. The molecule has 6 heteroatoms. The maximum atomic E-state index is 11.2. The van der Waals surface area contributed by atoms with Crippen molar-refractivity contribution in [3.63, 3.8) is 0 Å². The quantitative estimate of drug-likeness (QED) is 0.717. The number of nitrogens with zero attached hydrogens (tertiary/aromatic N) is 2. The Labute approximate surface area is 126 Å². The predicted octanol–water partition coefficient (Wildman–Crippen LogP) is 2.11. The Morgan fingerprint density at radius 3 is 2.62 bits per heavy atom. The SMILES string of the molecule is CCCNc1ncnc(NCC2CCC(=O)N2)c1C(C)C. The van der Waals surface area contributed by atoms with E-state index in [-0.39, 0.29) is 11.9 Å². The molecule has 1 aliphatic rings. The van der Waals surface area contributed by atoms with Crippen molar-refractivity contribution in [3.05, 3.63) is 11.9 Å². The number of carbonyl (C=O) groups is 1. The fourth-order valence-electron chi connectivity index (χ4n) is 2.52. The fraction of sp³-hybridized carbons (Fsp3) is 0.667. The van der Waals surface area contributed by atoms with E-state index in [4.69, 9.17) is 0 Å². The van der Waals surface area contributed by atoms with Gasteiger partial charge in [0, 0.05) is 31.1 Å². The van der Waals surface area contributed by atoms with Crippen molar-refractivity contribution in [2.75, 3.05) is 23.7 Å². The van der Waals surface area contributed by atoms with Gasteiger partial charge in [-0.1, -0.05) is 20.8 Å². The Morgan fingerprint density at radius 2 is 2.05 bits per heavy atom. The van der Waals surface area contributed by atoms with E-state index in [0.717, 1.165) is 36.6 Å². The molecule has 1 aromatic heterocycles. The van der Waals surface area contributed by atoms with Crippen LogP contribution in [0.4, 0.5) is 11.6 Å². The Hall–Kier alpha value is -1.85. The molecule has 21 heavy (non-hydrogen) atoms. The van der Waals surface area contributed by atoms with Crippen molar-refractivity contribution in [3.8, 4) is 0 Å². The monoisotopic (exact) mass is 291 g/mol. The lowest BCUT2D eigenvalue weighted by Crippen LogP contribution is -2.32. The highest BCUT2D eigenvalue weighted by atomic mass is 16.1. The molecule has 0 saturated carbocycles. The summed E-state index contributed by atoms with van der Waals surface area (Å²) in [6.07, 6.45) is 4.14. The summed E-state index contributed by atoms with van der Waals surface area (Å²) < 4.78 is 0. The summed E-state index contributed by atoms with van der Waals surface area (Å²) in [6, 6.07) is 0.194. The molecule has 2 rings (SSSR count). The average Bonchev–Trinajstić information content (AvgIpc) is 2.88. The van der Waals surface area contributed by atoms with Gasteiger partial charge in [0.2, 0.25) is 5.91 Å². The van der Waals surface area contributed by atoms with Crippen molar-refractivity contribution in [1.82, 2.24) is 15.3 Å². The van der Waals surface area contributed by atoms with E-state index in [1.807, 2.05) is 0 Å². The molecular weight excluding hydrogens is 266 g/mol. The van der Waals surface area contributed by atoms with Gasteiger partial charge in [-0.25, -0.2) is 9.97 Å². The van der Waals surface area contributed by atoms with Crippen LogP contribution in [0.25, 0.3) is 0 Å². The largest absolute Gasteiger partial charge is 0.370 e. The van der Waals surface area contributed by atoms with Crippen molar-refractivity contribution >= 4 is 17.5 Å². The third kappa shape index (κ3) is 4.06. The first-order valence-corrected chi connectivity index (χ1v) is 7.73. The highest BCUT2D eigenvalue weighted by Gasteiger charge is 2.21. The van der Waals surface area contributed by atoms with E-state index in [1.54, 1.807) is 6.33 Å². The number of anilines is 2. The summed E-state index contributed by atoms with van der Waals surface area (Å²) in [5.74, 6) is 2.23. The molecule has 0 radical (unpaired) electrons. The Kier molecular flexibility index (Phi) is 5.36. The van der Waals surface area contributed by atoms with Gasteiger partial charge < -0.3 is 16.0 Å². The van der Waals surface area contributed by atoms with Crippen LogP contribution in [-0.2, 0) is 4.79 Å². The first-order valence-electron chi connectivity index (χ1n) is 7.73. The number of hydrogen-bond donors (Lipinski definition) is 3. The van der Waals surface area contributed by atoms with Gasteiger partial charge in [0.05, 0.1) is 0 Å². The fourth-order valence-corrected chi connectivity index (χ4v) is 2.52. The lowest BCUT2D eigenvalue weighted by Gasteiger charge is -2.19. The number of rotatable bonds is 7. The first-order chi connectivity index (χ1) is 10.1. The molecule has 1 fully saturated rings. The van der Waals surface area contributed by atoms with Gasteiger partial charge in [-0.2, -0.15) is 0 Å². The summed E-state index contributed by atoms with van der Waals surface area (Å²) in [7, 11) is 0. The van der Waals surface area contributed by atoms with E-state index in [9.17, 15) is 4.79 Å². The Bertz CT molecular complexity index is 489. The molecule has 6 nitrogen and oxygen atoms in total. The zero-order valence-electron chi connectivity index (χ0n) is 13.1. The van der Waals surface area contributed by atoms with Crippen molar-refractivity contribution in [1.29, 1.82) is 0 Å². The van der Waals surface area contributed by atoms with Gasteiger partial charge in [0.25, 0.3) is 0 Å². The Morgan fingerprint density at radius 1 is 1.33 bits per heavy atom. The van der Waals surface area contributed by atoms with E-state index in [0.29, 0.717) is 18.9 Å². The van der Waals surface area contributed by atoms with Crippen LogP contribution < -0.4 is 16.0 Å². The van der Waals surface area contributed by atoms with E-state index in [1.165, 1.54) is 0 Å². The van der Waals surface area contributed by atoms with Crippen LogP contribution in [0.1, 0.15) is 51.5 Å². The van der Waals surface area contributed by atoms with E-state index < -0.39 is 0 Å². The molecule has 3 N–H and O–H groups in total. The summed E-state index contributed by atoms with van der Waals surface area (Å²) in [5, 5.41) is 9.69. The summed E-state index contributed by atoms with van der Waals surface area (Å²) in [6.45, 7) is 8.01. The zero-order chi connectivity index (χ0) is 15.2. The van der Waals surface area contributed by atoms with Crippen LogP contribution in [0.5, 0.6) is 0 Å². The molecule has 2 heterocycles. The van der Waals surface area contributed by atoms with Gasteiger partial charge >= 0.3 is 0 Å². The number of aromatic nitrogens is 2. The number of carbonyl (C=O) groups excluding carboxylic acids is 1. The predicted molar refractivity (Wildman–Crippen MR) is 84.6 cm³/mol. The minimum absolute atomic E-state index is 0.138. The van der Waals surface area contributed by atoms with Crippen LogP contribution in [0.3, 0.4) is 0 Å². The molecule has 1 saturated heterocycles. The number of amides is 1. The number of hydrogen-bond acceptors (Lipinski definition) is 5. The molecule has 1 aromatic rings. The topological polar surface area (TPSA) is 78.9 Å². The lowest BCUT2D eigenvalue weighted by atomic mass is 10.0. The zero-order valence-corrected chi connectivity index (χ0v) is 13.1. The maximum absolute atomic E-state index is 11.2. The van der Waals surface area contributed by atoms with Gasteiger partial charge in [0.1, 0.15) is 18.0 Å². The van der Waals surface area contributed by atoms with Crippen LogP contribution >= 0.6 is 0 Å². The van der Waals surface area contributed by atoms with Crippen LogP contribution in [0.2, 0.25) is 0 Å². The van der Waals surface area contributed by atoms with Gasteiger partial charge in [-0.15, -0.1) is 0 Å². The standard InChI is InChI=1S/C15H25N5O/c1-4-7-16-14-13(10(2)3)15(19-9-18-14)17-8-11-5-6-12(21)20-11/h9-11H,4-8H2,1-3H3,(H,20,21)(H2,16,17,18,19). The van der Waals surface area contributed by atoms with Crippen LogP contribution in [0, 0.1) is 0 Å². The van der Waals surface area contributed by atoms with Crippen molar-refractivity contribution < 1.29 is 4.79 Å². The summed E-state index contributed by atoms with van der Waals surface area (Å²) in [5.41, 5.74) is 1.11. The van der Waals surface area contributed by atoms with Crippen LogP contribution in [0.15, 0.2) is 6.33 Å². The van der Waals surface area contributed by atoms with Gasteiger partial charge in [-0.05, 0) is 18.8 Å². The molecule has 0 spiro atoms. The molecular formula is C15H25N5O. The summed E-state index contributed by atoms with van der Waals surface area (Å²) in [4.78, 5) is 20.0. The highest BCUT2D eigenvalue weighted by Crippen LogP contribution is 2.28. The second-order valence-electron chi connectivity index (χ2n) is 5.75. The average molecular weight is 291 g/mol. The molecule has 116 valence electrons. The second kappa shape index (κ2) is 7.24. The smallest absolute Gasteiger partial charge is 0.220 e. The summed E-state index contributed by atoms with van der Waals surface area (Å²) >= 11 is 0. The molecule has 1 aliphatic heterocycles. The molecule has 1 amide bonds. The highest BCUT2D eigenvalue weighted by molar-refractivity contribution is 5.78. The molecule has 0 aromatic carbocycles. The lowest BCUT2D eigenvalue weighted by molar-refractivity contribution is -0.119. The van der Waals surface area contributed by atoms with Crippen molar-refractivity contribution in [2.45, 2.75) is 52.0 Å². The third-order valence-corrected chi connectivity index (χ3v) is 3.60. The van der Waals surface area contributed by atoms with E-state index in [2.05, 4.69) is 46.7 Å². The molecule has 0 bridgehead atoms. The normalized spacial score (nSPS) is 17.9. The molecule has 0 aliphatic carbocycles. The minimum Gasteiger partial charge on any atom is -0.370 e. The number of nitrogens with one attached hydrogen (secondary N) is 3. The Balaban J connectivity index is 2.08. The van der Waals surface area contributed by atoms with Gasteiger partial charge in [0.15, 0.2) is 0 Å². The van der Waals surface area contributed by atoms with Crippen molar-refractivity contribution in [2.24, 2.45) is 0 Å². The third-order valence-electron chi connectivity index (χ3n) is 3.60. The van der Waals surface area contributed by atoms with Gasteiger partial charge in [-0.3, -0.25) is 4.79 Å². The van der Waals surface area contributed by atoms with Crippen LogP contribution in [-0.4, -0.2) is 35.0 Å².